The van der Waals surface area contributed by atoms with E-state index in [-0.39, 0.29) is 0 Å². The number of hydrogen-bond acceptors (Lipinski definition) is 3. The van der Waals surface area contributed by atoms with E-state index in [0.29, 0.717) is 6.04 Å². The Hall–Kier alpha value is -1.42. The summed E-state index contributed by atoms with van der Waals surface area (Å²) in [6, 6.07) is 8.53. The number of rotatable bonds is 4. The lowest BCUT2D eigenvalue weighted by molar-refractivity contribution is 0.529. The molecule has 4 heteroatoms. The van der Waals surface area contributed by atoms with Crippen LogP contribution in [0.1, 0.15) is 31.1 Å². The molecule has 0 spiro atoms. The Labute approximate surface area is 112 Å². The van der Waals surface area contributed by atoms with Gasteiger partial charge >= 0.3 is 0 Å². The Morgan fingerprint density at radius 3 is 2.78 bits per heavy atom. The Bertz CT molecular complexity index is 532. The van der Waals surface area contributed by atoms with Gasteiger partial charge in [0.05, 0.1) is 5.69 Å². The molecule has 0 fully saturated rings. The van der Waals surface area contributed by atoms with E-state index in [2.05, 4.69) is 38.0 Å². The van der Waals surface area contributed by atoms with Gasteiger partial charge in [0.1, 0.15) is 0 Å². The van der Waals surface area contributed by atoms with Crippen molar-refractivity contribution >= 4 is 17.4 Å². The first-order valence-electron chi connectivity index (χ1n) is 6.10. The van der Waals surface area contributed by atoms with E-state index < -0.39 is 0 Å². The van der Waals surface area contributed by atoms with Crippen molar-refractivity contribution in [3.8, 4) is 0 Å². The van der Waals surface area contributed by atoms with Crippen LogP contribution in [0.4, 0.5) is 5.69 Å². The predicted octanol–water partition coefficient (Wildman–Crippen LogP) is 3.65. The molecule has 96 valence electrons. The average Bonchev–Trinajstić information content (AvgIpc) is 2.80. The van der Waals surface area contributed by atoms with Crippen LogP contribution in [-0.2, 0) is 5.75 Å². The maximum Gasteiger partial charge on any atom is 0.0727 e. The summed E-state index contributed by atoms with van der Waals surface area (Å²) in [5, 5.41) is 4.54. The largest absolute Gasteiger partial charge is 0.398 e. The maximum absolute atomic E-state index is 5.90. The molecule has 18 heavy (non-hydrogen) atoms. The number of nitrogens with two attached hydrogens (primary N) is 1. The fourth-order valence-electron chi connectivity index (χ4n) is 1.68. The van der Waals surface area contributed by atoms with Crippen LogP contribution in [0.5, 0.6) is 0 Å². The van der Waals surface area contributed by atoms with Crippen LogP contribution in [-0.4, -0.2) is 9.78 Å². The molecule has 1 aromatic heterocycles. The number of aromatic nitrogens is 2. The Kier molecular flexibility index (Phi) is 3.97. The van der Waals surface area contributed by atoms with E-state index in [1.54, 1.807) is 11.8 Å². The van der Waals surface area contributed by atoms with Crippen molar-refractivity contribution in [2.45, 2.75) is 37.5 Å². The smallest absolute Gasteiger partial charge is 0.0727 e. The van der Waals surface area contributed by atoms with Gasteiger partial charge in [-0.15, -0.1) is 11.8 Å². The maximum atomic E-state index is 5.90. The molecule has 3 nitrogen and oxygen atoms in total. The van der Waals surface area contributed by atoms with Gasteiger partial charge in [-0.1, -0.05) is 6.07 Å². The second-order valence-electron chi connectivity index (χ2n) is 4.64. The van der Waals surface area contributed by atoms with Crippen molar-refractivity contribution in [2.24, 2.45) is 0 Å². The predicted molar refractivity (Wildman–Crippen MR) is 77.8 cm³/mol. The normalized spacial score (nSPS) is 11.1. The number of nitrogen functional groups attached to an aromatic ring is 1. The van der Waals surface area contributed by atoms with Gasteiger partial charge in [0.15, 0.2) is 0 Å². The van der Waals surface area contributed by atoms with Crippen molar-refractivity contribution in [3.05, 3.63) is 41.7 Å². The number of nitrogens with zero attached hydrogens (tertiary/aromatic N) is 2. The summed E-state index contributed by atoms with van der Waals surface area (Å²) in [6.07, 6.45) is 2.03. The highest BCUT2D eigenvalue weighted by Gasteiger charge is 2.05. The van der Waals surface area contributed by atoms with E-state index >= 15 is 0 Å². The van der Waals surface area contributed by atoms with Crippen LogP contribution in [0, 0.1) is 6.92 Å². The quantitative estimate of drug-likeness (QED) is 0.675. The van der Waals surface area contributed by atoms with Crippen molar-refractivity contribution < 1.29 is 0 Å². The third-order valence-corrected chi connectivity index (χ3v) is 4.09. The summed E-state index contributed by atoms with van der Waals surface area (Å²) < 4.78 is 1.99. The molecular formula is C14H19N3S. The molecule has 2 N–H and O–H groups in total. The monoisotopic (exact) mass is 261 g/mol. The topological polar surface area (TPSA) is 43.8 Å². The minimum atomic E-state index is 0.415. The van der Waals surface area contributed by atoms with Gasteiger partial charge < -0.3 is 5.73 Å². The van der Waals surface area contributed by atoms with Crippen molar-refractivity contribution in [1.29, 1.82) is 0 Å². The Morgan fingerprint density at radius 2 is 2.11 bits per heavy atom. The number of benzene rings is 1. The summed E-state index contributed by atoms with van der Waals surface area (Å²) in [6.45, 7) is 6.32. The van der Waals surface area contributed by atoms with Crippen LogP contribution < -0.4 is 5.73 Å². The Morgan fingerprint density at radius 1 is 1.33 bits per heavy atom. The molecule has 1 aromatic carbocycles. The van der Waals surface area contributed by atoms with Crippen molar-refractivity contribution in [3.63, 3.8) is 0 Å². The van der Waals surface area contributed by atoms with Crippen molar-refractivity contribution in [1.82, 2.24) is 9.78 Å². The molecule has 0 radical (unpaired) electrons. The lowest BCUT2D eigenvalue weighted by Crippen LogP contribution is -2.01. The molecular weight excluding hydrogens is 242 g/mol. The van der Waals surface area contributed by atoms with Gasteiger partial charge in [-0.2, -0.15) is 5.10 Å². The van der Waals surface area contributed by atoms with E-state index in [1.165, 1.54) is 4.90 Å². The average molecular weight is 261 g/mol. The van der Waals surface area contributed by atoms with Gasteiger partial charge in [-0.25, -0.2) is 0 Å². The minimum absolute atomic E-state index is 0.415. The fourth-order valence-corrected chi connectivity index (χ4v) is 2.65. The molecule has 0 amide bonds. The van der Waals surface area contributed by atoms with Crippen LogP contribution in [0.3, 0.4) is 0 Å². The lowest BCUT2D eigenvalue weighted by atomic mass is 10.2. The van der Waals surface area contributed by atoms with Gasteiger partial charge in [0.2, 0.25) is 0 Å². The van der Waals surface area contributed by atoms with Crippen LogP contribution in [0.2, 0.25) is 0 Å². The number of hydrogen-bond donors (Lipinski definition) is 1. The zero-order valence-electron chi connectivity index (χ0n) is 11.1. The van der Waals surface area contributed by atoms with Crippen LogP contribution in [0.25, 0.3) is 0 Å². The van der Waals surface area contributed by atoms with E-state index in [0.717, 1.165) is 22.7 Å². The Balaban J connectivity index is 2.04. The molecule has 1 heterocycles. The molecule has 0 aliphatic carbocycles. The van der Waals surface area contributed by atoms with Crippen LogP contribution in [0.15, 0.2) is 35.4 Å². The molecule has 0 bridgehead atoms. The zero-order valence-corrected chi connectivity index (χ0v) is 11.9. The highest BCUT2D eigenvalue weighted by molar-refractivity contribution is 7.98. The van der Waals surface area contributed by atoms with Crippen molar-refractivity contribution in [2.75, 3.05) is 5.73 Å². The SMILES string of the molecule is Cc1c(N)cccc1SCc1ccn(C(C)C)n1. The molecule has 2 aromatic rings. The second kappa shape index (κ2) is 5.48. The molecule has 0 saturated heterocycles. The molecule has 0 unspecified atom stereocenters. The number of anilines is 1. The number of thioether (sulfide) groups is 1. The fraction of sp³-hybridized carbons (Fsp3) is 0.357. The lowest BCUT2D eigenvalue weighted by Gasteiger charge is -2.07. The van der Waals surface area contributed by atoms with Gasteiger partial charge in [0, 0.05) is 28.6 Å². The third kappa shape index (κ3) is 2.88. The first kappa shape index (κ1) is 13.0. The molecule has 0 saturated carbocycles. The molecule has 0 aliphatic rings. The van der Waals surface area contributed by atoms with Gasteiger partial charge in [-0.05, 0) is 44.5 Å². The van der Waals surface area contributed by atoms with E-state index in [4.69, 9.17) is 5.73 Å². The molecule has 0 atom stereocenters. The molecule has 2 rings (SSSR count). The van der Waals surface area contributed by atoms with Crippen LogP contribution >= 0.6 is 11.8 Å². The third-order valence-electron chi connectivity index (χ3n) is 2.89. The van der Waals surface area contributed by atoms with Gasteiger partial charge in [0.25, 0.3) is 0 Å². The highest BCUT2D eigenvalue weighted by atomic mass is 32.2. The summed E-state index contributed by atoms with van der Waals surface area (Å²) in [7, 11) is 0. The zero-order chi connectivity index (χ0) is 13.1. The first-order valence-corrected chi connectivity index (χ1v) is 7.08. The first-order chi connectivity index (χ1) is 8.58. The second-order valence-corrected chi connectivity index (χ2v) is 5.66. The summed E-state index contributed by atoms with van der Waals surface area (Å²) in [5.41, 5.74) is 9.02. The summed E-state index contributed by atoms with van der Waals surface area (Å²) >= 11 is 1.78. The standard InChI is InChI=1S/C14H19N3S/c1-10(2)17-8-7-12(16-17)9-18-14-6-4-5-13(15)11(14)3/h4-8,10H,9,15H2,1-3H3. The summed E-state index contributed by atoms with van der Waals surface area (Å²) in [5.74, 6) is 0.879. The molecule has 0 aliphatic heterocycles. The van der Waals surface area contributed by atoms with Gasteiger partial charge in [-0.3, -0.25) is 4.68 Å². The minimum Gasteiger partial charge on any atom is -0.398 e. The van der Waals surface area contributed by atoms with E-state index in [9.17, 15) is 0 Å². The van der Waals surface area contributed by atoms with E-state index in [1.807, 2.05) is 23.0 Å². The summed E-state index contributed by atoms with van der Waals surface area (Å²) in [4.78, 5) is 1.23. The highest BCUT2D eigenvalue weighted by Crippen LogP contribution is 2.28.